The summed E-state index contributed by atoms with van der Waals surface area (Å²) >= 11 is 0. The van der Waals surface area contributed by atoms with Gasteiger partial charge in [0.05, 0.1) is 0 Å². The van der Waals surface area contributed by atoms with Gasteiger partial charge in [0.25, 0.3) is 6.43 Å². The van der Waals surface area contributed by atoms with Crippen molar-refractivity contribution in [1.29, 1.82) is 0 Å². The van der Waals surface area contributed by atoms with Crippen molar-refractivity contribution in [2.24, 2.45) is 5.41 Å². The Morgan fingerprint density at radius 1 is 1.41 bits per heavy atom. The zero-order valence-corrected chi connectivity index (χ0v) is 10.9. The average molecular weight is 248 g/mol. The molecule has 17 heavy (non-hydrogen) atoms. The first kappa shape index (κ1) is 14.6. The maximum absolute atomic E-state index is 13.3. The van der Waals surface area contributed by atoms with E-state index in [4.69, 9.17) is 4.74 Å². The molecule has 1 atom stereocenters. The SMILES string of the molecule is CCCC(C)(C)C(=O)C1(C(F)F)CCCCO1. The summed E-state index contributed by atoms with van der Waals surface area (Å²) in [5, 5.41) is 0. The van der Waals surface area contributed by atoms with Crippen LogP contribution in [0.1, 0.15) is 52.9 Å². The van der Waals surface area contributed by atoms with Crippen LogP contribution in [0.4, 0.5) is 8.78 Å². The lowest BCUT2D eigenvalue weighted by molar-refractivity contribution is -0.188. The molecule has 0 saturated carbocycles. The Morgan fingerprint density at radius 2 is 2.06 bits per heavy atom. The van der Waals surface area contributed by atoms with E-state index in [2.05, 4.69) is 0 Å². The van der Waals surface area contributed by atoms with Gasteiger partial charge >= 0.3 is 0 Å². The highest BCUT2D eigenvalue weighted by Crippen LogP contribution is 2.39. The largest absolute Gasteiger partial charge is 0.361 e. The Bertz CT molecular complexity index is 269. The van der Waals surface area contributed by atoms with Gasteiger partial charge in [-0.3, -0.25) is 4.79 Å². The molecule has 0 aromatic rings. The minimum Gasteiger partial charge on any atom is -0.361 e. The molecule has 0 aromatic carbocycles. The molecular weight excluding hydrogens is 226 g/mol. The lowest BCUT2D eigenvalue weighted by atomic mass is 9.73. The van der Waals surface area contributed by atoms with Crippen molar-refractivity contribution in [3.63, 3.8) is 0 Å². The van der Waals surface area contributed by atoms with Crippen LogP contribution in [0.2, 0.25) is 0 Å². The molecule has 0 bridgehead atoms. The van der Waals surface area contributed by atoms with Crippen molar-refractivity contribution in [2.75, 3.05) is 6.61 Å². The number of ketones is 1. The standard InChI is InChI=1S/C13H22F2O2/c1-4-7-12(2,3)10(16)13(11(14)15)8-5-6-9-17-13/h11H,4-9H2,1-3H3. The molecule has 1 fully saturated rings. The lowest BCUT2D eigenvalue weighted by Crippen LogP contribution is -2.55. The van der Waals surface area contributed by atoms with Gasteiger partial charge in [-0.25, -0.2) is 8.78 Å². The Morgan fingerprint density at radius 3 is 2.47 bits per heavy atom. The van der Waals surface area contributed by atoms with E-state index in [1.165, 1.54) is 0 Å². The monoisotopic (exact) mass is 248 g/mol. The van der Waals surface area contributed by atoms with Gasteiger partial charge in [-0.05, 0) is 25.7 Å². The highest BCUT2D eigenvalue weighted by Gasteiger charge is 2.53. The number of ether oxygens (including phenoxy) is 1. The first-order valence-corrected chi connectivity index (χ1v) is 6.34. The molecule has 1 aliphatic rings. The van der Waals surface area contributed by atoms with Crippen molar-refractivity contribution in [3.8, 4) is 0 Å². The van der Waals surface area contributed by atoms with Crippen molar-refractivity contribution in [2.45, 2.75) is 64.9 Å². The molecule has 100 valence electrons. The summed E-state index contributed by atoms with van der Waals surface area (Å²) < 4.78 is 31.7. The fourth-order valence-corrected chi connectivity index (χ4v) is 2.58. The quantitative estimate of drug-likeness (QED) is 0.743. The van der Waals surface area contributed by atoms with E-state index in [9.17, 15) is 13.6 Å². The Kier molecular flexibility index (Phi) is 4.64. The van der Waals surface area contributed by atoms with Gasteiger partial charge in [0, 0.05) is 12.0 Å². The summed E-state index contributed by atoms with van der Waals surface area (Å²) in [6, 6.07) is 0. The molecule has 4 heteroatoms. The summed E-state index contributed by atoms with van der Waals surface area (Å²) in [6.45, 7) is 5.69. The minimum atomic E-state index is -2.73. The summed E-state index contributed by atoms with van der Waals surface area (Å²) in [4.78, 5) is 12.4. The van der Waals surface area contributed by atoms with Crippen molar-refractivity contribution >= 4 is 5.78 Å². The third-order valence-corrected chi connectivity index (χ3v) is 3.53. The number of carbonyl (C=O) groups excluding carboxylic acids is 1. The topological polar surface area (TPSA) is 26.3 Å². The van der Waals surface area contributed by atoms with Gasteiger partial charge < -0.3 is 4.74 Å². The molecule has 0 N–H and O–H groups in total. The predicted octanol–water partition coefficient (Wildman–Crippen LogP) is 3.59. The third-order valence-electron chi connectivity index (χ3n) is 3.53. The zero-order chi connectivity index (χ0) is 13.1. The maximum atomic E-state index is 13.3. The molecule has 1 unspecified atom stereocenters. The predicted molar refractivity (Wildman–Crippen MR) is 62.2 cm³/mol. The van der Waals surface area contributed by atoms with Crippen LogP contribution in [0.3, 0.4) is 0 Å². The van der Waals surface area contributed by atoms with Crippen LogP contribution in [-0.2, 0) is 9.53 Å². The van der Waals surface area contributed by atoms with E-state index in [1.807, 2.05) is 6.92 Å². The molecule has 0 aromatic heterocycles. The Labute approximate surface area is 102 Å². The molecule has 2 nitrogen and oxygen atoms in total. The molecule has 1 aliphatic heterocycles. The van der Waals surface area contributed by atoms with Crippen LogP contribution in [0, 0.1) is 5.41 Å². The van der Waals surface area contributed by atoms with Crippen LogP contribution >= 0.6 is 0 Å². The Hall–Kier alpha value is -0.510. The molecule has 0 radical (unpaired) electrons. The number of halogens is 2. The number of alkyl halides is 2. The minimum absolute atomic E-state index is 0.149. The highest BCUT2D eigenvalue weighted by molar-refractivity contribution is 5.92. The fraction of sp³-hybridized carbons (Fsp3) is 0.923. The molecule has 1 rings (SSSR count). The molecular formula is C13H22F2O2. The number of Topliss-reactive ketones (excluding diaryl/α,β-unsaturated/α-hetero) is 1. The summed E-state index contributed by atoms with van der Waals surface area (Å²) in [5.74, 6) is -0.429. The normalized spacial score (nSPS) is 26.2. The van der Waals surface area contributed by atoms with Crippen molar-refractivity contribution in [1.82, 2.24) is 0 Å². The summed E-state index contributed by atoms with van der Waals surface area (Å²) in [7, 11) is 0. The second-order valence-electron chi connectivity index (χ2n) is 5.46. The number of rotatable bonds is 5. The van der Waals surface area contributed by atoms with E-state index >= 15 is 0 Å². The van der Waals surface area contributed by atoms with E-state index in [-0.39, 0.29) is 13.0 Å². The van der Waals surface area contributed by atoms with Gasteiger partial charge in [-0.2, -0.15) is 0 Å². The van der Waals surface area contributed by atoms with Gasteiger partial charge in [0.15, 0.2) is 11.4 Å². The van der Waals surface area contributed by atoms with Crippen LogP contribution in [0.5, 0.6) is 0 Å². The van der Waals surface area contributed by atoms with E-state index < -0.39 is 23.2 Å². The van der Waals surface area contributed by atoms with Gasteiger partial charge in [-0.15, -0.1) is 0 Å². The van der Waals surface area contributed by atoms with Crippen molar-refractivity contribution in [3.05, 3.63) is 0 Å². The zero-order valence-electron chi connectivity index (χ0n) is 10.9. The molecule has 0 aliphatic carbocycles. The first-order valence-electron chi connectivity index (χ1n) is 6.34. The van der Waals surface area contributed by atoms with E-state index in [0.29, 0.717) is 12.8 Å². The maximum Gasteiger partial charge on any atom is 0.274 e. The summed E-state index contributed by atoms with van der Waals surface area (Å²) in [6.07, 6.45) is 0.235. The smallest absolute Gasteiger partial charge is 0.274 e. The van der Waals surface area contributed by atoms with Gasteiger partial charge in [0.1, 0.15) is 0 Å². The second kappa shape index (κ2) is 5.42. The van der Waals surface area contributed by atoms with Crippen LogP contribution in [0.25, 0.3) is 0 Å². The Balaban J connectivity index is 2.94. The van der Waals surface area contributed by atoms with Crippen LogP contribution in [-0.4, -0.2) is 24.4 Å². The summed E-state index contributed by atoms with van der Waals surface area (Å²) in [5.41, 5.74) is -2.58. The average Bonchev–Trinajstić information content (AvgIpc) is 2.28. The second-order valence-corrected chi connectivity index (χ2v) is 5.46. The molecule has 1 heterocycles. The van der Waals surface area contributed by atoms with Gasteiger partial charge in [0.2, 0.25) is 0 Å². The highest BCUT2D eigenvalue weighted by atomic mass is 19.3. The van der Waals surface area contributed by atoms with Crippen LogP contribution in [0.15, 0.2) is 0 Å². The molecule has 0 amide bonds. The number of carbonyl (C=O) groups is 1. The number of hydrogen-bond acceptors (Lipinski definition) is 2. The molecule has 1 saturated heterocycles. The van der Waals surface area contributed by atoms with Crippen molar-refractivity contribution < 1.29 is 18.3 Å². The van der Waals surface area contributed by atoms with E-state index in [1.54, 1.807) is 13.8 Å². The van der Waals surface area contributed by atoms with E-state index in [0.717, 1.165) is 12.8 Å². The molecule has 0 spiro atoms. The third kappa shape index (κ3) is 2.84. The lowest BCUT2D eigenvalue weighted by Gasteiger charge is -2.40. The number of hydrogen-bond donors (Lipinski definition) is 0. The van der Waals surface area contributed by atoms with Crippen LogP contribution < -0.4 is 0 Å². The first-order chi connectivity index (χ1) is 7.87. The fourth-order valence-electron chi connectivity index (χ4n) is 2.58. The van der Waals surface area contributed by atoms with Gasteiger partial charge in [-0.1, -0.05) is 27.2 Å².